The van der Waals surface area contributed by atoms with Crippen molar-refractivity contribution in [2.24, 2.45) is 5.92 Å². The van der Waals surface area contributed by atoms with Crippen molar-refractivity contribution in [1.29, 1.82) is 0 Å². The minimum atomic E-state index is -0.207. The number of methoxy groups -OCH3 is 2. The average Bonchev–Trinajstić information content (AvgIpc) is 2.78. The highest BCUT2D eigenvalue weighted by atomic mass is 16.5. The Hall–Kier alpha value is -2.65. The first-order valence-electron chi connectivity index (χ1n) is 11.2. The summed E-state index contributed by atoms with van der Waals surface area (Å²) in [6.07, 6.45) is 2.61. The Balaban J connectivity index is 1.53. The summed E-state index contributed by atoms with van der Waals surface area (Å²) in [4.78, 5) is 34.7. The maximum absolute atomic E-state index is 12.6. The molecule has 1 saturated heterocycles. The first-order valence-corrected chi connectivity index (χ1v) is 11.2. The molecule has 2 heterocycles. The van der Waals surface area contributed by atoms with Gasteiger partial charge in [-0.15, -0.1) is 0 Å². The summed E-state index contributed by atoms with van der Waals surface area (Å²) in [5.74, 6) is 1.77. The molecule has 9 heteroatoms. The molecule has 1 aromatic heterocycles. The molecule has 9 nitrogen and oxygen atoms in total. The smallest absolute Gasteiger partial charge is 0.258 e. The Bertz CT molecular complexity index is 967. The van der Waals surface area contributed by atoms with Gasteiger partial charge in [-0.05, 0) is 52.3 Å². The van der Waals surface area contributed by atoms with Crippen LogP contribution in [0.5, 0.6) is 11.5 Å². The summed E-state index contributed by atoms with van der Waals surface area (Å²) in [6.45, 7) is 7.39. The van der Waals surface area contributed by atoms with E-state index in [-0.39, 0.29) is 23.5 Å². The topological polar surface area (TPSA) is 106 Å². The van der Waals surface area contributed by atoms with E-state index >= 15 is 0 Å². The number of aromatic nitrogens is 2. The fourth-order valence-corrected chi connectivity index (χ4v) is 3.90. The lowest BCUT2D eigenvalue weighted by molar-refractivity contribution is -0.126. The van der Waals surface area contributed by atoms with Crippen molar-refractivity contribution in [2.45, 2.75) is 45.8 Å². The Morgan fingerprint density at radius 3 is 2.56 bits per heavy atom. The molecular weight excluding hydrogens is 412 g/mol. The van der Waals surface area contributed by atoms with E-state index in [4.69, 9.17) is 14.2 Å². The van der Waals surface area contributed by atoms with Crippen LogP contribution >= 0.6 is 0 Å². The number of rotatable bonds is 10. The molecular formula is C23H34N4O5. The van der Waals surface area contributed by atoms with Gasteiger partial charge in [0.1, 0.15) is 5.82 Å². The van der Waals surface area contributed by atoms with Gasteiger partial charge < -0.3 is 24.5 Å². The number of hydrogen-bond donors (Lipinski definition) is 2. The van der Waals surface area contributed by atoms with Gasteiger partial charge in [0.25, 0.3) is 5.56 Å². The molecule has 3 rings (SSSR count). The summed E-state index contributed by atoms with van der Waals surface area (Å²) >= 11 is 0. The lowest BCUT2D eigenvalue weighted by Gasteiger charge is -2.30. The van der Waals surface area contributed by atoms with Crippen LogP contribution in [0, 0.1) is 5.92 Å². The van der Waals surface area contributed by atoms with Crippen LogP contribution in [0.4, 0.5) is 0 Å². The van der Waals surface area contributed by atoms with Gasteiger partial charge in [-0.1, -0.05) is 0 Å². The molecule has 1 fully saturated rings. The molecule has 2 aromatic rings. The summed E-state index contributed by atoms with van der Waals surface area (Å²) in [7, 11) is 3.09. The molecule has 32 heavy (non-hydrogen) atoms. The third kappa shape index (κ3) is 6.20. The first kappa shape index (κ1) is 24.0. The van der Waals surface area contributed by atoms with Crippen LogP contribution in [0.3, 0.4) is 0 Å². The molecule has 0 aliphatic carbocycles. The zero-order chi connectivity index (χ0) is 23.1. The quantitative estimate of drug-likeness (QED) is 0.538. The van der Waals surface area contributed by atoms with Crippen molar-refractivity contribution >= 4 is 16.8 Å². The minimum absolute atomic E-state index is 0.0256. The molecule has 1 aliphatic rings. The van der Waals surface area contributed by atoms with Crippen LogP contribution in [0.15, 0.2) is 16.9 Å². The van der Waals surface area contributed by atoms with Gasteiger partial charge in [0.2, 0.25) is 5.91 Å². The van der Waals surface area contributed by atoms with Gasteiger partial charge in [-0.25, -0.2) is 4.98 Å². The number of nitrogens with one attached hydrogen (secondary N) is 2. The standard InChI is InChI=1S/C23H34N4O5/c1-15(2)32-11-5-8-24-22(28)16-6-9-27(10-7-16)14-21-25-18-13-20(31-4)19(30-3)12-17(18)23(29)26-21/h12-13,15-16H,5-11,14H2,1-4H3,(H,24,28)(H,25,26,29). The Morgan fingerprint density at radius 2 is 1.91 bits per heavy atom. The number of amides is 1. The highest BCUT2D eigenvalue weighted by Crippen LogP contribution is 2.30. The number of likely N-dealkylation sites (tertiary alicyclic amines) is 1. The molecule has 176 valence electrons. The van der Waals surface area contributed by atoms with Gasteiger partial charge in [-0.3, -0.25) is 14.5 Å². The summed E-state index contributed by atoms with van der Waals surface area (Å²) < 4.78 is 16.1. The Morgan fingerprint density at radius 1 is 1.22 bits per heavy atom. The molecule has 1 aliphatic heterocycles. The van der Waals surface area contributed by atoms with E-state index in [2.05, 4.69) is 20.2 Å². The van der Waals surface area contributed by atoms with E-state index in [9.17, 15) is 9.59 Å². The number of carbonyl (C=O) groups is 1. The van der Waals surface area contributed by atoms with E-state index < -0.39 is 0 Å². The number of fused-ring (bicyclic) bond motifs is 1. The molecule has 0 radical (unpaired) electrons. The number of ether oxygens (including phenoxy) is 3. The molecule has 0 unspecified atom stereocenters. The van der Waals surface area contributed by atoms with Gasteiger partial charge in [-0.2, -0.15) is 0 Å². The highest BCUT2D eigenvalue weighted by molar-refractivity contribution is 5.81. The lowest BCUT2D eigenvalue weighted by atomic mass is 9.96. The predicted molar refractivity (Wildman–Crippen MR) is 122 cm³/mol. The third-order valence-electron chi connectivity index (χ3n) is 5.66. The summed E-state index contributed by atoms with van der Waals surface area (Å²) in [5, 5.41) is 3.48. The van der Waals surface area contributed by atoms with Crippen molar-refractivity contribution < 1.29 is 19.0 Å². The molecule has 0 atom stereocenters. The average molecular weight is 447 g/mol. The summed E-state index contributed by atoms with van der Waals surface area (Å²) in [6, 6.07) is 3.36. The molecule has 0 saturated carbocycles. The van der Waals surface area contributed by atoms with Crippen molar-refractivity contribution in [3.8, 4) is 11.5 Å². The van der Waals surface area contributed by atoms with Crippen molar-refractivity contribution in [1.82, 2.24) is 20.2 Å². The largest absolute Gasteiger partial charge is 0.493 e. The van der Waals surface area contributed by atoms with E-state index in [0.29, 0.717) is 47.9 Å². The van der Waals surface area contributed by atoms with Gasteiger partial charge >= 0.3 is 0 Å². The summed E-state index contributed by atoms with van der Waals surface area (Å²) in [5.41, 5.74) is 0.360. The molecule has 1 amide bonds. The fraction of sp³-hybridized carbons (Fsp3) is 0.609. The van der Waals surface area contributed by atoms with Gasteiger partial charge in [0.15, 0.2) is 11.5 Å². The van der Waals surface area contributed by atoms with Crippen molar-refractivity contribution in [3.63, 3.8) is 0 Å². The second-order valence-corrected chi connectivity index (χ2v) is 8.35. The van der Waals surface area contributed by atoms with Crippen LogP contribution in [0.2, 0.25) is 0 Å². The predicted octanol–water partition coefficient (Wildman–Crippen LogP) is 2.08. The van der Waals surface area contributed by atoms with Crippen LogP contribution in [0.25, 0.3) is 10.9 Å². The van der Waals surface area contributed by atoms with Gasteiger partial charge in [0.05, 0.1) is 37.8 Å². The van der Waals surface area contributed by atoms with Crippen LogP contribution in [0.1, 0.15) is 38.9 Å². The third-order valence-corrected chi connectivity index (χ3v) is 5.66. The Kier molecular flexibility index (Phi) is 8.46. The Labute approximate surface area is 188 Å². The molecule has 0 spiro atoms. The van der Waals surface area contributed by atoms with Crippen molar-refractivity contribution in [2.75, 3.05) is 40.5 Å². The molecule has 0 bridgehead atoms. The number of aromatic amines is 1. The zero-order valence-electron chi connectivity index (χ0n) is 19.4. The zero-order valence-corrected chi connectivity index (χ0v) is 19.4. The highest BCUT2D eigenvalue weighted by Gasteiger charge is 2.25. The maximum atomic E-state index is 12.6. The van der Waals surface area contributed by atoms with E-state index in [1.807, 2.05) is 13.8 Å². The number of carbonyl (C=O) groups excluding carboxylic acids is 1. The lowest BCUT2D eigenvalue weighted by Crippen LogP contribution is -2.41. The maximum Gasteiger partial charge on any atom is 0.258 e. The minimum Gasteiger partial charge on any atom is -0.493 e. The number of piperidine rings is 1. The monoisotopic (exact) mass is 446 g/mol. The van der Waals surface area contributed by atoms with Crippen LogP contribution in [-0.2, 0) is 16.1 Å². The van der Waals surface area contributed by atoms with Crippen LogP contribution < -0.4 is 20.3 Å². The van der Waals surface area contributed by atoms with Crippen LogP contribution in [-0.4, -0.2) is 67.3 Å². The van der Waals surface area contributed by atoms with E-state index in [1.165, 1.54) is 7.11 Å². The number of nitrogens with zero attached hydrogens (tertiary/aromatic N) is 2. The number of H-pyrrole nitrogens is 1. The second-order valence-electron chi connectivity index (χ2n) is 8.35. The second kappa shape index (κ2) is 11.3. The molecule has 2 N–H and O–H groups in total. The van der Waals surface area contributed by atoms with E-state index in [1.54, 1.807) is 19.2 Å². The SMILES string of the molecule is COc1cc2nc(CN3CCC(C(=O)NCCCOC(C)C)CC3)[nH]c(=O)c2cc1OC. The van der Waals surface area contributed by atoms with E-state index in [0.717, 1.165) is 32.4 Å². The number of benzene rings is 1. The first-order chi connectivity index (χ1) is 15.4. The normalized spacial score (nSPS) is 15.3. The molecule has 1 aromatic carbocycles. The van der Waals surface area contributed by atoms with Gasteiger partial charge in [0, 0.05) is 25.1 Å². The van der Waals surface area contributed by atoms with Crippen molar-refractivity contribution in [3.05, 3.63) is 28.3 Å². The number of hydrogen-bond acceptors (Lipinski definition) is 7. The fourth-order valence-electron chi connectivity index (χ4n) is 3.90.